The highest BCUT2D eigenvalue weighted by Gasteiger charge is 2.12. The number of benzene rings is 1. The van der Waals surface area contributed by atoms with E-state index in [0.717, 1.165) is 35.9 Å². The average molecular weight is 400 g/mol. The normalized spacial score (nSPS) is 11.7. The van der Waals surface area contributed by atoms with Crippen LogP contribution in [0.4, 0.5) is 0 Å². The zero-order valence-corrected chi connectivity index (χ0v) is 17.2. The summed E-state index contributed by atoms with van der Waals surface area (Å²) in [5.74, 6) is 1.74. The maximum Gasteiger partial charge on any atom is 0.244 e. The Morgan fingerprint density at radius 2 is 2.14 bits per heavy atom. The van der Waals surface area contributed by atoms with E-state index in [9.17, 15) is 4.79 Å². The molecule has 0 bridgehead atoms. The number of amides is 1. The van der Waals surface area contributed by atoms with Gasteiger partial charge in [-0.3, -0.25) is 4.79 Å². The second-order valence-electron chi connectivity index (χ2n) is 6.86. The minimum absolute atomic E-state index is 0.171. The van der Waals surface area contributed by atoms with Crippen LogP contribution in [0.25, 0.3) is 17.2 Å². The Morgan fingerprint density at radius 3 is 2.89 bits per heavy atom. The second-order valence-corrected chi connectivity index (χ2v) is 7.63. The van der Waals surface area contributed by atoms with Gasteiger partial charge in [0.1, 0.15) is 11.3 Å². The molecule has 2 heterocycles. The molecule has 1 aromatic carbocycles. The monoisotopic (exact) mass is 399 g/mol. The molecule has 148 valence electrons. The van der Waals surface area contributed by atoms with Crippen LogP contribution < -0.4 is 5.32 Å². The maximum absolute atomic E-state index is 12.0. The van der Waals surface area contributed by atoms with Crippen LogP contribution in [0, 0.1) is 5.92 Å². The highest BCUT2D eigenvalue weighted by atomic mass is 32.2. The van der Waals surface area contributed by atoms with Crippen molar-refractivity contribution in [1.82, 2.24) is 25.1 Å². The number of nitrogens with one attached hydrogen (secondary N) is 1. The Kier molecular flexibility index (Phi) is 6.86. The molecule has 28 heavy (non-hydrogen) atoms. The third-order valence-electron chi connectivity index (χ3n) is 4.09. The van der Waals surface area contributed by atoms with Gasteiger partial charge in [-0.1, -0.05) is 37.7 Å². The highest BCUT2D eigenvalue weighted by molar-refractivity contribution is 7.98. The number of carbonyl (C=O) groups excluding carboxylic acids is 1. The molecule has 1 N–H and O–H groups in total. The number of thioether (sulfide) groups is 1. The summed E-state index contributed by atoms with van der Waals surface area (Å²) < 4.78 is 7.73. The molecule has 0 fully saturated rings. The smallest absolute Gasteiger partial charge is 0.244 e. The molecule has 0 aliphatic rings. The number of fused-ring (bicyclic) bond motifs is 1. The predicted octanol–water partition coefficient (Wildman–Crippen LogP) is 3.56. The van der Waals surface area contributed by atoms with Crippen molar-refractivity contribution in [3.8, 4) is 0 Å². The molecule has 0 radical (unpaired) electrons. The molecule has 0 aliphatic heterocycles. The molecule has 0 saturated carbocycles. The highest BCUT2D eigenvalue weighted by Crippen LogP contribution is 2.17. The van der Waals surface area contributed by atoms with Crippen LogP contribution in [0.15, 0.2) is 39.9 Å². The van der Waals surface area contributed by atoms with Crippen LogP contribution >= 0.6 is 11.8 Å². The van der Waals surface area contributed by atoms with Crippen LogP contribution in [0.2, 0.25) is 0 Å². The first-order chi connectivity index (χ1) is 13.6. The number of aryl methyl sites for hydroxylation is 1. The molecule has 0 spiro atoms. The van der Waals surface area contributed by atoms with Crippen LogP contribution in [0.5, 0.6) is 0 Å². The van der Waals surface area contributed by atoms with Crippen molar-refractivity contribution in [2.75, 3.05) is 12.8 Å². The molecule has 2 aromatic heterocycles. The minimum atomic E-state index is -0.171. The summed E-state index contributed by atoms with van der Waals surface area (Å²) >= 11 is 1.60. The predicted molar refractivity (Wildman–Crippen MR) is 111 cm³/mol. The Labute approximate surface area is 168 Å². The third kappa shape index (κ3) is 5.22. The third-order valence-corrected chi connectivity index (χ3v) is 4.76. The van der Waals surface area contributed by atoms with Gasteiger partial charge >= 0.3 is 0 Å². The number of hydrogen-bond acceptors (Lipinski definition) is 6. The summed E-state index contributed by atoms with van der Waals surface area (Å²) in [5.41, 5.74) is 1.48. The molecule has 0 aliphatic carbocycles. The largest absolute Gasteiger partial charge is 0.437 e. The lowest BCUT2D eigenvalue weighted by molar-refractivity contribution is -0.116. The van der Waals surface area contributed by atoms with E-state index in [-0.39, 0.29) is 5.91 Å². The topological polar surface area (TPSA) is 85.8 Å². The fourth-order valence-electron chi connectivity index (χ4n) is 2.83. The lowest BCUT2D eigenvalue weighted by Crippen LogP contribution is -2.23. The van der Waals surface area contributed by atoms with E-state index in [1.807, 2.05) is 30.5 Å². The Balaban J connectivity index is 1.47. The van der Waals surface area contributed by atoms with E-state index in [4.69, 9.17) is 4.42 Å². The van der Waals surface area contributed by atoms with Crippen molar-refractivity contribution in [2.24, 2.45) is 5.92 Å². The van der Waals surface area contributed by atoms with Crippen LogP contribution in [-0.2, 0) is 17.8 Å². The van der Waals surface area contributed by atoms with Gasteiger partial charge in [0.25, 0.3) is 0 Å². The Bertz CT molecular complexity index is 928. The van der Waals surface area contributed by atoms with E-state index in [2.05, 4.69) is 38.9 Å². The molecule has 0 atom stereocenters. The summed E-state index contributed by atoms with van der Waals surface area (Å²) in [6.07, 6.45) is 6.60. The van der Waals surface area contributed by atoms with Crippen molar-refractivity contribution in [2.45, 2.75) is 38.4 Å². The van der Waals surface area contributed by atoms with Gasteiger partial charge in [0.15, 0.2) is 10.7 Å². The lowest BCUT2D eigenvalue weighted by Gasteiger charge is -2.11. The van der Waals surface area contributed by atoms with Crippen molar-refractivity contribution < 1.29 is 9.21 Å². The molecule has 7 nitrogen and oxygen atoms in total. The summed E-state index contributed by atoms with van der Waals surface area (Å²) in [4.78, 5) is 16.3. The number of rotatable bonds is 9. The first kappa shape index (κ1) is 20.1. The van der Waals surface area contributed by atoms with E-state index in [1.165, 1.54) is 6.08 Å². The van der Waals surface area contributed by atoms with E-state index < -0.39 is 0 Å². The number of nitrogens with zero attached hydrogens (tertiary/aromatic N) is 4. The van der Waals surface area contributed by atoms with Gasteiger partial charge in [-0.15, -0.1) is 10.2 Å². The summed E-state index contributed by atoms with van der Waals surface area (Å²) in [6, 6.07) is 7.50. The minimum Gasteiger partial charge on any atom is -0.437 e. The fraction of sp³-hybridized carbons (Fsp3) is 0.400. The SMILES string of the molecule is CSc1nnc(CCCNC(=O)/C=C/c2nc3ccccc3o2)n1CC(C)C. The first-order valence-electron chi connectivity index (χ1n) is 9.34. The van der Waals surface area contributed by atoms with Gasteiger partial charge in [-0.2, -0.15) is 0 Å². The fourth-order valence-corrected chi connectivity index (χ4v) is 3.35. The lowest BCUT2D eigenvalue weighted by atomic mass is 10.2. The number of aromatic nitrogens is 4. The molecule has 1 amide bonds. The first-order valence-corrected chi connectivity index (χ1v) is 10.6. The molecular formula is C20H25N5O2S. The standard InChI is InChI=1S/C20H25N5O2S/c1-14(2)13-25-17(23-24-20(25)28-3)9-6-12-21-18(26)10-11-19-22-15-7-4-5-8-16(15)27-19/h4-5,7-8,10-11,14H,6,9,12-13H2,1-3H3,(H,21,26)/b11-10+. The number of hydrogen-bond donors (Lipinski definition) is 1. The quantitative estimate of drug-likeness (QED) is 0.336. The number of oxazole rings is 1. The maximum atomic E-state index is 12.0. The van der Waals surface area contributed by atoms with Gasteiger partial charge in [0.2, 0.25) is 11.8 Å². The zero-order chi connectivity index (χ0) is 19.9. The molecular weight excluding hydrogens is 374 g/mol. The average Bonchev–Trinajstić information content (AvgIpc) is 3.26. The van der Waals surface area contributed by atoms with Crippen LogP contribution in [-0.4, -0.2) is 38.5 Å². The van der Waals surface area contributed by atoms with Gasteiger partial charge < -0.3 is 14.3 Å². The van der Waals surface area contributed by atoms with Crippen molar-refractivity contribution in [3.63, 3.8) is 0 Å². The zero-order valence-electron chi connectivity index (χ0n) is 16.4. The van der Waals surface area contributed by atoms with Gasteiger partial charge in [0.05, 0.1) is 0 Å². The van der Waals surface area contributed by atoms with Crippen molar-refractivity contribution in [3.05, 3.63) is 42.1 Å². The van der Waals surface area contributed by atoms with E-state index in [1.54, 1.807) is 17.8 Å². The Morgan fingerprint density at radius 1 is 1.32 bits per heavy atom. The van der Waals surface area contributed by atoms with Gasteiger partial charge in [0, 0.05) is 31.7 Å². The van der Waals surface area contributed by atoms with Crippen LogP contribution in [0.1, 0.15) is 32.0 Å². The molecule has 0 unspecified atom stereocenters. The summed E-state index contributed by atoms with van der Waals surface area (Å²) in [6.45, 7) is 5.83. The van der Waals surface area contributed by atoms with E-state index >= 15 is 0 Å². The van der Waals surface area contributed by atoms with Crippen molar-refractivity contribution >= 4 is 34.8 Å². The summed E-state index contributed by atoms with van der Waals surface area (Å²) in [5, 5.41) is 12.4. The van der Waals surface area contributed by atoms with Crippen LogP contribution in [0.3, 0.4) is 0 Å². The molecule has 3 aromatic rings. The molecule has 8 heteroatoms. The molecule has 0 saturated heterocycles. The van der Waals surface area contributed by atoms with Gasteiger partial charge in [-0.25, -0.2) is 4.98 Å². The van der Waals surface area contributed by atoms with E-state index in [0.29, 0.717) is 23.9 Å². The number of para-hydroxylation sites is 2. The summed E-state index contributed by atoms with van der Waals surface area (Å²) in [7, 11) is 0. The second kappa shape index (κ2) is 9.54. The van der Waals surface area contributed by atoms with Crippen molar-refractivity contribution in [1.29, 1.82) is 0 Å². The molecule has 3 rings (SSSR count). The number of carbonyl (C=O) groups is 1. The Hall–Kier alpha value is -2.61. The van der Waals surface area contributed by atoms with Gasteiger partial charge in [-0.05, 0) is 30.7 Å².